The number of aryl methyl sites for hydroxylation is 1. The van der Waals surface area contributed by atoms with E-state index in [0.717, 1.165) is 12.1 Å². The minimum Gasteiger partial charge on any atom is -0.309 e. The van der Waals surface area contributed by atoms with Gasteiger partial charge in [-0.1, -0.05) is 0 Å². The number of alkyl halides is 3. The van der Waals surface area contributed by atoms with Crippen molar-refractivity contribution in [3.63, 3.8) is 0 Å². The van der Waals surface area contributed by atoms with E-state index in [9.17, 15) is 18.0 Å². The van der Waals surface area contributed by atoms with Crippen LogP contribution in [0.1, 0.15) is 22.8 Å². The third kappa shape index (κ3) is 3.52. The van der Waals surface area contributed by atoms with Crippen LogP contribution in [0.4, 0.5) is 18.9 Å². The molecule has 23 heavy (non-hydrogen) atoms. The SMILES string of the molecule is CCN(C(=O)c1cnn(C)c1SC)c1ccc(C(F)(F)F)cc1. The van der Waals surface area contributed by atoms with Gasteiger partial charge in [0.25, 0.3) is 5.91 Å². The molecule has 0 bridgehead atoms. The first kappa shape index (κ1) is 17.4. The molecule has 0 N–H and O–H groups in total. The second-order valence-electron chi connectivity index (χ2n) is 4.79. The monoisotopic (exact) mass is 343 g/mol. The van der Waals surface area contributed by atoms with Gasteiger partial charge in [-0.25, -0.2) is 0 Å². The Kier molecular flexibility index (Phi) is 5.03. The summed E-state index contributed by atoms with van der Waals surface area (Å²) < 4.78 is 39.5. The highest BCUT2D eigenvalue weighted by Gasteiger charge is 2.30. The molecule has 0 saturated carbocycles. The summed E-state index contributed by atoms with van der Waals surface area (Å²) in [5, 5.41) is 4.77. The van der Waals surface area contributed by atoms with E-state index >= 15 is 0 Å². The lowest BCUT2D eigenvalue weighted by molar-refractivity contribution is -0.137. The second kappa shape index (κ2) is 6.66. The van der Waals surface area contributed by atoms with Gasteiger partial charge in [0.1, 0.15) is 5.03 Å². The van der Waals surface area contributed by atoms with Crippen LogP contribution in [0.25, 0.3) is 0 Å². The minimum absolute atomic E-state index is 0.287. The van der Waals surface area contributed by atoms with Crippen LogP contribution < -0.4 is 4.90 Å². The third-order valence-electron chi connectivity index (χ3n) is 3.38. The van der Waals surface area contributed by atoms with Crippen LogP contribution in [0, 0.1) is 0 Å². The van der Waals surface area contributed by atoms with Crippen molar-refractivity contribution in [2.75, 3.05) is 17.7 Å². The van der Waals surface area contributed by atoms with Crippen molar-refractivity contribution < 1.29 is 18.0 Å². The van der Waals surface area contributed by atoms with Gasteiger partial charge in [-0.15, -0.1) is 11.8 Å². The molecule has 2 aromatic rings. The van der Waals surface area contributed by atoms with E-state index in [4.69, 9.17) is 0 Å². The Morgan fingerprint density at radius 1 is 1.30 bits per heavy atom. The molecular formula is C15H16F3N3OS. The molecule has 8 heteroatoms. The molecule has 0 spiro atoms. The number of rotatable bonds is 4. The van der Waals surface area contributed by atoms with Gasteiger partial charge in [-0.3, -0.25) is 9.48 Å². The number of benzene rings is 1. The average Bonchev–Trinajstić information content (AvgIpc) is 2.88. The molecule has 124 valence electrons. The van der Waals surface area contributed by atoms with E-state index in [-0.39, 0.29) is 5.91 Å². The predicted octanol–water partition coefficient (Wildman–Crippen LogP) is 3.83. The summed E-state index contributed by atoms with van der Waals surface area (Å²) in [5.41, 5.74) is 0.110. The van der Waals surface area contributed by atoms with E-state index < -0.39 is 11.7 Å². The van der Waals surface area contributed by atoms with Crippen molar-refractivity contribution in [1.82, 2.24) is 9.78 Å². The van der Waals surface area contributed by atoms with Crippen LogP contribution in [-0.4, -0.2) is 28.5 Å². The molecule has 0 saturated heterocycles. The van der Waals surface area contributed by atoms with Crippen molar-refractivity contribution >= 4 is 23.4 Å². The van der Waals surface area contributed by atoms with Gasteiger partial charge >= 0.3 is 6.18 Å². The number of hydrogen-bond acceptors (Lipinski definition) is 3. The fraction of sp³-hybridized carbons (Fsp3) is 0.333. The van der Waals surface area contributed by atoms with Crippen molar-refractivity contribution in [1.29, 1.82) is 0 Å². The lowest BCUT2D eigenvalue weighted by atomic mass is 10.1. The zero-order valence-corrected chi connectivity index (χ0v) is 13.7. The molecule has 1 aromatic heterocycles. The summed E-state index contributed by atoms with van der Waals surface area (Å²) >= 11 is 1.39. The summed E-state index contributed by atoms with van der Waals surface area (Å²) in [5.74, 6) is -0.287. The number of halogens is 3. The Hall–Kier alpha value is -1.96. The summed E-state index contributed by atoms with van der Waals surface area (Å²) in [6.45, 7) is 2.11. The maximum atomic E-state index is 12.7. The normalized spacial score (nSPS) is 11.6. The third-order valence-corrected chi connectivity index (χ3v) is 4.25. The second-order valence-corrected chi connectivity index (χ2v) is 5.58. The van der Waals surface area contributed by atoms with Crippen LogP contribution in [0.5, 0.6) is 0 Å². The highest BCUT2D eigenvalue weighted by molar-refractivity contribution is 7.98. The average molecular weight is 343 g/mol. The van der Waals surface area contributed by atoms with Crippen molar-refractivity contribution in [3.8, 4) is 0 Å². The number of amides is 1. The molecule has 1 aromatic carbocycles. The first-order valence-corrected chi connectivity index (χ1v) is 8.07. The molecule has 4 nitrogen and oxygen atoms in total. The lowest BCUT2D eigenvalue weighted by Crippen LogP contribution is -2.30. The molecule has 0 aliphatic rings. The van der Waals surface area contributed by atoms with Gasteiger partial charge < -0.3 is 4.90 Å². The van der Waals surface area contributed by atoms with Gasteiger partial charge in [-0.2, -0.15) is 18.3 Å². The smallest absolute Gasteiger partial charge is 0.309 e. The molecule has 2 rings (SSSR count). The van der Waals surface area contributed by atoms with Crippen molar-refractivity contribution in [2.24, 2.45) is 7.05 Å². The number of carbonyl (C=O) groups excluding carboxylic acids is 1. The number of hydrogen-bond donors (Lipinski definition) is 0. The summed E-state index contributed by atoms with van der Waals surface area (Å²) in [7, 11) is 1.73. The molecule has 0 aliphatic carbocycles. The lowest BCUT2D eigenvalue weighted by Gasteiger charge is -2.21. The topological polar surface area (TPSA) is 38.1 Å². The maximum Gasteiger partial charge on any atom is 0.416 e. The zero-order chi connectivity index (χ0) is 17.2. The fourth-order valence-electron chi connectivity index (χ4n) is 2.23. The van der Waals surface area contributed by atoms with Gasteiger partial charge in [0, 0.05) is 19.3 Å². The standard InChI is InChI=1S/C15H16F3N3OS/c1-4-21(11-7-5-10(6-8-11)15(16,17)18)13(22)12-9-19-20(2)14(12)23-3/h5-9H,4H2,1-3H3. The van der Waals surface area contributed by atoms with Crippen LogP contribution in [0.3, 0.4) is 0 Å². The molecule has 1 heterocycles. The molecule has 0 fully saturated rings. The first-order chi connectivity index (χ1) is 10.8. The first-order valence-electron chi connectivity index (χ1n) is 6.84. The predicted molar refractivity (Wildman–Crippen MR) is 83.8 cm³/mol. The van der Waals surface area contributed by atoms with Gasteiger partial charge in [-0.05, 0) is 37.4 Å². The van der Waals surface area contributed by atoms with E-state index in [0.29, 0.717) is 22.8 Å². The number of nitrogens with zero attached hydrogens (tertiary/aromatic N) is 3. The Balaban J connectivity index is 2.34. The van der Waals surface area contributed by atoms with Crippen LogP contribution in [0.15, 0.2) is 35.5 Å². The molecule has 0 atom stereocenters. The number of anilines is 1. The largest absolute Gasteiger partial charge is 0.416 e. The highest BCUT2D eigenvalue weighted by Crippen LogP contribution is 2.31. The van der Waals surface area contributed by atoms with Gasteiger partial charge in [0.05, 0.1) is 17.3 Å². The van der Waals surface area contributed by atoms with E-state index in [1.807, 2.05) is 6.26 Å². The van der Waals surface area contributed by atoms with Crippen molar-refractivity contribution in [2.45, 2.75) is 18.1 Å². The maximum absolute atomic E-state index is 12.7. The highest BCUT2D eigenvalue weighted by atomic mass is 32.2. The van der Waals surface area contributed by atoms with E-state index in [1.165, 1.54) is 35.0 Å². The Bertz CT molecular complexity index is 695. The molecular weight excluding hydrogens is 327 g/mol. The number of thioether (sulfide) groups is 1. The van der Waals surface area contributed by atoms with Gasteiger partial charge in [0.15, 0.2) is 0 Å². The fourth-order valence-corrected chi connectivity index (χ4v) is 2.91. The van der Waals surface area contributed by atoms with Crippen LogP contribution >= 0.6 is 11.8 Å². The zero-order valence-electron chi connectivity index (χ0n) is 12.9. The Morgan fingerprint density at radius 2 is 1.91 bits per heavy atom. The summed E-state index contributed by atoms with van der Waals surface area (Å²) in [6, 6.07) is 4.56. The minimum atomic E-state index is -4.39. The van der Waals surface area contributed by atoms with E-state index in [2.05, 4.69) is 5.10 Å². The van der Waals surface area contributed by atoms with Crippen LogP contribution in [0.2, 0.25) is 0 Å². The van der Waals surface area contributed by atoms with E-state index in [1.54, 1.807) is 18.7 Å². The quantitative estimate of drug-likeness (QED) is 0.792. The molecule has 0 unspecified atom stereocenters. The van der Waals surface area contributed by atoms with Crippen LogP contribution in [-0.2, 0) is 13.2 Å². The summed E-state index contributed by atoms with van der Waals surface area (Å²) in [6.07, 6.45) is -1.09. The Labute approximate surface area is 136 Å². The molecule has 0 radical (unpaired) electrons. The molecule has 0 aliphatic heterocycles. The summed E-state index contributed by atoms with van der Waals surface area (Å²) in [4.78, 5) is 14.1. The van der Waals surface area contributed by atoms with Gasteiger partial charge in [0.2, 0.25) is 0 Å². The Morgan fingerprint density at radius 3 is 2.39 bits per heavy atom. The number of aromatic nitrogens is 2. The number of carbonyl (C=O) groups is 1. The molecule has 1 amide bonds. The van der Waals surface area contributed by atoms with Crippen molar-refractivity contribution in [3.05, 3.63) is 41.6 Å².